The maximum Gasteiger partial charge on any atom is 0.122 e. The summed E-state index contributed by atoms with van der Waals surface area (Å²) in [5, 5.41) is 7.46. The second kappa shape index (κ2) is 7.48. The van der Waals surface area contributed by atoms with Crippen molar-refractivity contribution in [3.05, 3.63) is 65.2 Å². The molecule has 0 radical (unpaired) electrons. The Morgan fingerprint density at radius 2 is 1.86 bits per heavy atom. The minimum atomic E-state index is 0.0731. The smallest absolute Gasteiger partial charge is 0.122 e. The molecule has 0 spiro atoms. The minimum absolute atomic E-state index is 0.0731. The average Bonchev–Trinajstić information content (AvgIpc) is 2.49. The molecule has 0 unspecified atom stereocenters. The summed E-state index contributed by atoms with van der Waals surface area (Å²) in [4.78, 5) is 0. The molecule has 0 saturated carbocycles. The summed E-state index contributed by atoms with van der Waals surface area (Å²) < 4.78 is 5.81. The number of hydrogen-bond acceptors (Lipinski definition) is 2. The predicted molar refractivity (Wildman–Crippen MR) is 87.1 cm³/mol. The number of unbranched alkanes of at least 4 members (excludes halogenated alkanes) is 1. The van der Waals surface area contributed by atoms with E-state index in [4.69, 9.17) is 15.9 Å². The van der Waals surface area contributed by atoms with Crippen LogP contribution in [0.25, 0.3) is 0 Å². The molecule has 0 atom stereocenters. The van der Waals surface area contributed by atoms with E-state index in [0.717, 1.165) is 30.6 Å². The van der Waals surface area contributed by atoms with Crippen molar-refractivity contribution in [3.8, 4) is 5.75 Å². The lowest BCUT2D eigenvalue weighted by Crippen LogP contribution is -2.11. The van der Waals surface area contributed by atoms with E-state index in [2.05, 4.69) is 24.3 Å². The maximum absolute atomic E-state index is 7.46. The Morgan fingerprint density at radius 3 is 2.57 bits per heavy atom. The van der Waals surface area contributed by atoms with Crippen molar-refractivity contribution in [2.75, 3.05) is 6.61 Å². The number of hydrogen-bond donors (Lipinski definition) is 2. The molecule has 3 N–H and O–H groups in total. The predicted octanol–water partition coefficient (Wildman–Crippen LogP) is 3.68. The Hall–Kier alpha value is -2.29. The van der Waals surface area contributed by atoms with Gasteiger partial charge in [-0.1, -0.05) is 42.5 Å². The molecule has 0 aliphatic heterocycles. The molecule has 0 bridgehead atoms. The maximum atomic E-state index is 7.46. The molecular formula is C18H22N2O. The number of rotatable bonds is 7. The molecule has 0 aliphatic carbocycles. The molecule has 0 aromatic heterocycles. The average molecular weight is 282 g/mol. The lowest BCUT2D eigenvalue weighted by Gasteiger charge is -2.10. The van der Waals surface area contributed by atoms with Crippen LogP contribution in [0.5, 0.6) is 5.75 Å². The first-order valence-electron chi connectivity index (χ1n) is 7.28. The van der Waals surface area contributed by atoms with Crippen LogP contribution < -0.4 is 10.5 Å². The second-order valence-corrected chi connectivity index (χ2v) is 5.19. The zero-order valence-electron chi connectivity index (χ0n) is 12.4. The van der Waals surface area contributed by atoms with Crippen LogP contribution in [0.3, 0.4) is 0 Å². The van der Waals surface area contributed by atoms with E-state index in [1.165, 1.54) is 5.56 Å². The Morgan fingerprint density at radius 1 is 1.10 bits per heavy atom. The molecule has 110 valence electrons. The topological polar surface area (TPSA) is 59.1 Å². The lowest BCUT2D eigenvalue weighted by molar-refractivity contribution is 0.305. The van der Waals surface area contributed by atoms with Gasteiger partial charge in [-0.3, -0.25) is 5.41 Å². The number of benzene rings is 2. The number of nitrogens with one attached hydrogen (secondary N) is 1. The SMILES string of the molecule is Cc1ccc(C(=N)N)cc1OCCCCc1ccccc1. The Bertz CT molecular complexity index is 593. The van der Waals surface area contributed by atoms with Crippen LogP contribution in [-0.4, -0.2) is 12.4 Å². The van der Waals surface area contributed by atoms with E-state index in [9.17, 15) is 0 Å². The number of ether oxygens (including phenoxy) is 1. The molecule has 3 heteroatoms. The molecule has 2 aromatic carbocycles. The van der Waals surface area contributed by atoms with E-state index in [1.54, 1.807) is 0 Å². The lowest BCUT2D eigenvalue weighted by atomic mass is 10.1. The van der Waals surface area contributed by atoms with Gasteiger partial charge in [0.25, 0.3) is 0 Å². The number of nitrogen functional groups attached to an aromatic ring is 1. The van der Waals surface area contributed by atoms with E-state index < -0.39 is 0 Å². The standard InChI is InChI=1S/C18H22N2O/c1-14-10-11-16(18(19)20)13-17(14)21-12-6-5-9-15-7-3-2-4-8-15/h2-4,7-8,10-11,13H,5-6,9,12H2,1H3,(H3,19,20). The van der Waals surface area contributed by atoms with Gasteiger partial charge in [0.15, 0.2) is 0 Å². The van der Waals surface area contributed by atoms with Crippen molar-refractivity contribution in [1.82, 2.24) is 0 Å². The monoisotopic (exact) mass is 282 g/mol. The summed E-state index contributed by atoms with van der Waals surface area (Å²) in [6.45, 7) is 2.69. The van der Waals surface area contributed by atoms with E-state index in [1.807, 2.05) is 31.2 Å². The first kappa shape index (κ1) is 15.1. The summed E-state index contributed by atoms with van der Waals surface area (Å²) >= 11 is 0. The van der Waals surface area contributed by atoms with Gasteiger partial charge in [-0.05, 0) is 43.4 Å². The molecule has 0 aliphatic rings. The van der Waals surface area contributed by atoms with E-state index in [-0.39, 0.29) is 5.84 Å². The van der Waals surface area contributed by atoms with Gasteiger partial charge in [0.2, 0.25) is 0 Å². The van der Waals surface area contributed by atoms with Crippen molar-refractivity contribution < 1.29 is 4.74 Å². The summed E-state index contributed by atoms with van der Waals surface area (Å²) in [5.41, 5.74) is 8.65. The van der Waals surface area contributed by atoms with Gasteiger partial charge in [-0.2, -0.15) is 0 Å². The van der Waals surface area contributed by atoms with Crippen LogP contribution in [-0.2, 0) is 6.42 Å². The quantitative estimate of drug-likeness (QED) is 0.462. The zero-order chi connectivity index (χ0) is 15.1. The third-order valence-corrected chi connectivity index (χ3v) is 3.46. The van der Waals surface area contributed by atoms with Crippen LogP contribution in [0.15, 0.2) is 48.5 Å². The number of amidine groups is 1. The van der Waals surface area contributed by atoms with Crippen LogP contribution >= 0.6 is 0 Å². The van der Waals surface area contributed by atoms with Gasteiger partial charge >= 0.3 is 0 Å². The normalized spacial score (nSPS) is 10.3. The van der Waals surface area contributed by atoms with Crippen molar-refractivity contribution in [2.45, 2.75) is 26.2 Å². The highest BCUT2D eigenvalue weighted by Crippen LogP contribution is 2.19. The first-order chi connectivity index (χ1) is 10.2. The highest BCUT2D eigenvalue weighted by Gasteiger charge is 2.03. The summed E-state index contributed by atoms with van der Waals surface area (Å²) in [5.74, 6) is 0.895. The van der Waals surface area contributed by atoms with Crippen LogP contribution in [0.1, 0.15) is 29.5 Å². The third kappa shape index (κ3) is 4.63. The zero-order valence-corrected chi connectivity index (χ0v) is 12.4. The molecule has 0 heterocycles. The Kier molecular flexibility index (Phi) is 5.38. The fourth-order valence-electron chi connectivity index (χ4n) is 2.18. The molecule has 0 saturated heterocycles. The van der Waals surface area contributed by atoms with Gasteiger partial charge in [-0.25, -0.2) is 0 Å². The van der Waals surface area contributed by atoms with Gasteiger partial charge in [0, 0.05) is 5.56 Å². The van der Waals surface area contributed by atoms with Crippen molar-refractivity contribution in [2.24, 2.45) is 5.73 Å². The molecule has 2 aromatic rings. The van der Waals surface area contributed by atoms with Gasteiger partial charge in [-0.15, -0.1) is 0 Å². The number of nitrogens with two attached hydrogens (primary N) is 1. The molecule has 0 amide bonds. The molecular weight excluding hydrogens is 260 g/mol. The highest BCUT2D eigenvalue weighted by atomic mass is 16.5. The van der Waals surface area contributed by atoms with E-state index >= 15 is 0 Å². The minimum Gasteiger partial charge on any atom is -0.493 e. The van der Waals surface area contributed by atoms with E-state index in [0.29, 0.717) is 12.2 Å². The van der Waals surface area contributed by atoms with Gasteiger partial charge < -0.3 is 10.5 Å². The molecule has 21 heavy (non-hydrogen) atoms. The third-order valence-electron chi connectivity index (χ3n) is 3.46. The highest BCUT2D eigenvalue weighted by molar-refractivity contribution is 5.95. The summed E-state index contributed by atoms with van der Waals surface area (Å²) in [6.07, 6.45) is 3.20. The van der Waals surface area contributed by atoms with Crippen molar-refractivity contribution in [1.29, 1.82) is 5.41 Å². The summed E-state index contributed by atoms with van der Waals surface area (Å²) in [7, 11) is 0. The van der Waals surface area contributed by atoms with Gasteiger partial charge in [0.1, 0.15) is 11.6 Å². The Labute approximate surface area is 126 Å². The fraction of sp³-hybridized carbons (Fsp3) is 0.278. The van der Waals surface area contributed by atoms with Crippen LogP contribution in [0.4, 0.5) is 0 Å². The molecule has 3 nitrogen and oxygen atoms in total. The van der Waals surface area contributed by atoms with Crippen molar-refractivity contribution in [3.63, 3.8) is 0 Å². The van der Waals surface area contributed by atoms with Crippen LogP contribution in [0.2, 0.25) is 0 Å². The molecule has 2 rings (SSSR count). The fourth-order valence-corrected chi connectivity index (χ4v) is 2.18. The van der Waals surface area contributed by atoms with Gasteiger partial charge in [0.05, 0.1) is 6.61 Å². The summed E-state index contributed by atoms with van der Waals surface area (Å²) in [6, 6.07) is 16.1. The largest absolute Gasteiger partial charge is 0.493 e. The molecule has 0 fully saturated rings. The second-order valence-electron chi connectivity index (χ2n) is 5.19. The number of aryl methyl sites for hydroxylation is 2. The first-order valence-corrected chi connectivity index (χ1v) is 7.28. The van der Waals surface area contributed by atoms with Crippen molar-refractivity contribution >= 4 is 5.84 Å². The Balaban J connectivity index is 1.78. The van der Waals surface area contributed by atoms with Crippen LogP contribution in [0, 0.1) is 12.3 Å².